The molecule has 1 aromatic rings. The Balaban J connectivity index is 2.02. The molecular formula is C12H18N2O2. The van der Waals surface area contributed by atoms with Gasteiger partial charge >= 0.3 is 0 Å². The zero-order valence-corrected chi connectivity index (χ0v) is 9.73. The summed E-state index contributed by atoms with van der Waals surface area (Å²) in [6.45, 7) is 2.17. The fourth-order valence-corrected chi connectivity index (χ4v) is 2.07. The summed E-state index contributed by atoms with van der Waals surface area (Å²) in [7, 11) is 3.67. The molecule has 0 bridgehead atoms. The number of anilines is 1. The average Bonchev–Trinajstić information content (AvgIpc) is 2.64. The minimum atomic E-state index is 0.179. The van der Waals surface area contributed by atoms with Crippen molar-refractivity contribution < 1.29 is 9.84 Å². The summed E-state index contributed by atoms with van der Waals surface area (Å²) in [6.07, 6.45) is 1.14. The number of likely N-dealkylation sites (tertiary alicyclic amines) is 1. The number of nitrogens with zero attached hydrogens (tertiary/aromatic N) is 1. The van der Waals surface area contributed by atoms with Crippen LogP contribution in [0.1, 0.15) is 6.42 Å². The molecule has 16 heavy (non-hydrogen) atoms. The molecule has 1 aliphatic heterocycles. The van der Waals surface area contributed by atoms with E-state index in [0.717, 1.165) is 25.2 Å². The van der Waals surface area contributed by atoms with Gasteiger partial charge in [-0.25, -0.2) is 0 Å². The third-order valence-electron chi connectivity index (χ3n) is 2.94. The first-order valence-corrected chi connectivity index (χ1v) is 5.51. The van der Waals surface area contributed by atoms with Crippen LogP contribution < -0.4 is 10.1 Å². The molecule has 1 atom stereocenters. The lowest BCUT2D eigenvalue weighted by atomic mass is 10.2. The minimum absolute atomic E-state index is 0.179. The summed E-state index contributed by atoms with van der Waals surface area (Å²) < 4.78 is 5.00. The van der Waals surface area contributed by atoms with Gasteiger partial charge in [-0.2, -0.15) is 0 Å². The molecule has 0 radical (unpaired) electrons. The topological polar surface area (TPSA) is 44.7 Å². The van der Waals surface area contributed by atoms with E-state index in [2.05, 4.69) is 17.3 Å². The van der Waals surface area contributed by atoms with Crippen molar-refractivity contribution in [1.29, 1.82) is 0 Å². The largest absolute Gasteiger partial charge is 0.504 e. The molecule has 1 unspecified atom stereocenters. The van der Waals surface area contributed by atoms with Crippen LogP contribution in [0.2, 0.25) is 0 Å². The molecule has 0 aliphatic carbocycles. The summed E-state index contributed by atoms with van der Waals surface area (Å²) in [6, 6.07) is 5.88. The van der Waals surface area contributed by atoms with Crippen LogP contribution in [0.4, 0.5) is 5.69 Å². The van der Waals surface area contributed by atoms with Gasteiger partial charge in [-0.15, -0.1) is 0 Å². The van der Waals surface area contributed by atoms with Crippen molar-refractivity contribution in [3.8, 4) is 11.5 Å². The second kappa shape index (κ2) is 4.61. The van der Waals surface area contributed by atoms with Crippen LogP contribution in [0.5, 0.6) is 11.5 Å². The van der Waals surface area contributed by atoms with Crippen molar-refractivity contribution in [3.05, 3.63) is 18.2 Å². The van der Waals surface area contributed by atoms with Gasteiger partial charge in [0.25, 0.3) is 0 Å². The molecule has 1 aromatic carbocycles. The molecule has 2 rings (SSSR count). The Morgan fingerprint density at radius 1 is 1.50 bits per heavy atom. The van der Waals surface area contributed by atoms with Gasteiger partial charge in [0.1, 0.15) is 0 Å². The van der Waals surface area contributed by atoms with Gasteiger partial charge in [0, 0.05) is 24.3 Å². The summed E-state index contributed by atoms with van der Waals surface area (Å²) in [5.41, 5.74) is 0.943. The Bertz CT molecular complexity index is 368. The van der Waals surface area contributed by atoms with E-state index in [1.165, 1.54) is 0 Å². The van der Waals surface area contributed by atoms with Crippen LogP contribution in [0, 0.1) is 0 Å². The number of phenols is 1. The number of rotatable bonds is 3. The lowest BCUT2D eigenvalue weighted by Crippen LogP contribution is -2.23. The van der Waals surface area contributed by atoms with E-state index in [1.54, 1.807) is 19.2 Å². The molecule has 0 saturated carbocycles. The molecule has 0 amide bonds. The average molecular weight is 222 g/mol. The maximum Gasteiger partial charge on any atom is 0.160 e. The van der Waals surface area contributed by atoms with E-state index in [4.69, 9.17) is 4.74 Å². The molecule has 88 valence electrons. The lowest BCUT2D eigenvalue weighted by molar-refractivity contribution is 0.373. The second-order valence-electron chi connectivity index (χ2n) is 4.28. The fourth-order valence-electron chi connectivity index (χ4n) is 2.07. The van der Waals surface area contributed by atoms with Crippen molar-refractivity contribution in [2.45, 2.75) is 12.5 Å². The third kappa shape index (κ3) is 2.39. The number of ether oxygens (including phenoxy) is 1. The van der Waals surface area contributed by atoms with Crippen molar-refractivity contribution >= 4 is 5.69 Å². The molecule has 0 spiro atoms. The van der Waals surface area contributed by atoms with Gasteiger partial charge in [0.05, 0.1) is 7.11 Å². The van der Waals surface area contributed by atoms with Crippen LogP contribution in [-0.2, 0) is 0 Å². The number of likely N-dealkylation sites (N-methyl/N-ethyl adjacent to an activating group) is 1. The SMILES string of the molecule is COc1ccc(NC2CCN(C)C2)cc1O. The maximum atomic E-state index is 9.64. The molecule has 1 saturated heterocycles. The Labute approximate surface area is 95.8 Å². The number of hydrogen-bond acceptors (Lipinski definition) is 4. The van der Waals surface area contributed by atoms with Crippen molar-refractivity contribution in [3.63, 3.8) is 0 Å². The quantitative estimate of drug-likeness (QED) is 0.814. The number of nitrogens with one attached hydrogen (secondary N) is 1. The molecule has 1 aliphatic rings. The first kappa shape index (κ1) is 11.1. The highest BCUT2D eigenvalue weighted by Gasteiger charge is 2.19. The first-order chi connectivity index (χ1) is 7.69. The van der Waals surface area contributed by atoms with Crippen LogP contribution in [-0.4, -0.2) is 43.3 Å². The fraction of sp³-hybridized carbons (Fsp3) is 0.500. The van der Waals surface area contributed by atoms with Gasteiger partial charge in [-0.3, -0.25) is 0 Å². The Kier molecular flexibility index (Phi) is 3.19. The Morgan fingerprint density at radius 3 is 2.88 bits per heavy atom. The van der Waals surface area contributed by atoms with Crippen molar-refractivity contribution in [1.82, 2.24) is 4.90 Å². The predicted molar refractivity (Wildman–Crippen MR) is 64.2 cm³/mol. The molecule has 1 fully saturated rings. The van der Waals surface area contributed by atoms with Crippen molar-refractivity contribution in [2.75, 3.05) is 32.6 Å². The van der Waals surface area contributed by atoms with Crippen LogP contribution in [0.3, 0.4) is 0 Å². The van der Waals surface area contributed by atoms with Crippen LogP contribution in [0.15, 0.2) is 18.2 Å². The molecule has 4 heteroatoms. The molecule has 2 N–H and O–H groups in total. The smallest absolute Gasteiger partial charge is 0.160 e. The number of hydrogen-bond donors (Lipinski definition) is 2. The highest BCUT2D eigenvalue weighted by Crippen LogP contribution is 2.29. The first-order valence-electron chi connectivity index (χ1n) is 5.51. The Morgan fingerprint density at radius 2 is 2.31 bits per heavy atom. The van der Waals surface area contributed by atoms with Crippen molar-refractivity contribution in [2.24, 2.45) is 0 Å². The molecule has 1 heterocycles. The van der Waals surface area contributed by atoms with Gasteiger partial charge in [-0.05, 0) is 32.1 Å². The zero-order chi connectivity index (χ0) is 11.5. The van der Waals surface area contributed by atoms with E-state index < -0.39 is 0 Å². The summed E-state index contributed by atoms with van der Waals surface area (Å²) in [5.74, 6) is 0.688. The lowest BCUT2D eigenvalue weighted by Gasteiger charge is -2.15. The normalized spacial score (nSPS) is 21.0. The van der Waals surface area contributed by atoms with Gasteiger partial charge in [-0.1, -0.05) is 0 Å². The Hall–Kier alpha value is -1.42. The third-order valence-corrected chi connectivity index (χ3v) is 2.94. The van der Waals surface area contributed by atoms with E-state index in [0.29, 0.717) is 11.8 Å². The van der Waals surface area contributed by atoms with E-state index in [9.17, 15) is 5.11 Å². The number of phenolic OH excluding ortho intramolecular Hbond substituents is 1. The van der Waals surface area contributed by atoms with E-state index in [1.807, 2.05) is 6.07 Å². The molecule has 4 nitrogen and oxygen atoms in total. The van der Waals surface area contributed by atoms with E-state index in [-0.39, 0.29) is 5.75 Å². The monoisotopic (exact) mass is 222 g/mol. The van der Waals surface area contributed by atoms with Crippen LogP contribution >= 0.6 is 0 Å². The summed E-state index contributed by atoms with van der Waals surface area (Å²) in [5, 5.41) is 13.0. The number of aromatic hydroxyl groups is 1. The summed E-state index contributed by atoms with van der Waals surface area (Å²) >= 11 is 0. The van der Waals surface area contributed by atoms with E-state index >= 15 is 0 Å². The van der Waals surface area contributed by atoms with Gasteiger partial charge < -0.3 is 20.1 Å². The number of benzene rings is 1. The second-order valence-corrected chi connectivity index (χ2v) is 4.28. The highest BCUT2D eigenvalue weighted by molar-refractivity contribution is 5.54. The highest BCUT2D eigenvalue weighted by atomic mass is 16.5. The molecular weight excluding hydrogens is 204 g/mol. The molecule has 0 aromatic heterocycles. The summed E-state index contributed by atoms with van der Waals surface area (Å²) in [4.78, 5) is 2.29. The van der Waals surface area contributed by atoms with Crippen LogP contribution in [0.25, 0.3) is 0 Å². The standard InChI is InChI=1S/C12H18N2O2/c1-14-6-5-10(8-14)13-9-3-4-12(16-2)11(15)7-9/h3-4,7,10,13,15H,5-6,8H2,1-2H3. The number of methoxy groups -OCH3 is 1. The minimum Gasteiger partial charge on any atom is -0.504 e. The van der Waals surface area contributed by atoms with Gasteiger partial charge in [0.15, 0.2) is 11.5 Å². The maximum absolute atomic E-state index is 9.64. The van der Waals surface area contributed by atoms with Gasteiger partial charge in [0.2, 0.25) is 0 Å². The zero-order valence-electron chi connectivity index (χ0n) is 9.73. The predicted octanol–water partition coefficient (Wildman–Crippen LogP) is 1.52.